The number of aryl methyl sites for hydroxylation is 1. The van der Waals surface area contributed by atoms with Crippen molar-refractivity contribution in [3.05, 3.63) is 17.5 Å². The van der Waals surface area contributed by atoms with E-state index in [1.807, 2.05) is 6.92 Å². The van der Waals surface area contributed by atoms with Gasteiger partial charge in [-0.2, -0.15) is 0 Å². The lowest BCUT2D eigenvalue weighted by Crippen LogP contribution is -2.15. The lowest BCUT2D eigenvalue weighted by atomic mass is 9.83. The van der Waals surface area contributed by atoms with E-state index in [1.165, 1.54) is 19.3 Å². The second kappa shape index (κ2) is 5.48. The molecule has 0 atom stereocenters. The molecular weight excluding hydrogens is 224 g/mol. The molecule has 1 saturated carbocycles. The molecule has 1 heterocycles. The number of aromatic nitrogens is 2. The highest BCUT2D eigenvalue weighted by molar-refractivity contribution is 6.17. The molecular formula is C12H17ClN2O. The van der Waals surface area contributed by atoms with Crippen LogP contribution in [0.2, 0.25) is 0 Å². The van der Waals surface area contributed by atoms with Gasteiger partial charge in [0.05, 0.1) is 12.5 Å². The fourth-order valence-corrected chi connectivity index (χ4v) is 2.03. The Morgan fingerprint density at radius 3 is 2.88 bits per heavy atom. The molecule has 0 spiro atoms. The summed E-state index contributed by atoms with van der Waals surface area (Å²) in [6.45, 7) is 2.66. The number of rotatable bonds is 5. The second-order valence-electron chi connectivity index (χ2n) is 4.33. The highest BCUT2D eigenvalue weighted by Crippen LogP contribution is 2.29. The molecule has 1 aromatic rings. The molecule has 3 nitrogen and oxygen atoms in total. The molecule has 88 valence electrons. The summed E-state index contributed by atoms with van der Waals surface area (Å²) in [7, 11) is 0. The number of alkyl halides is 1. The number of hydrogen-bond acceptors (Lipinski definition) is 3. The Balaban J connectivity index is 1.81. The quantitative estimate of drug-likeness (QED) is 0.742. The van der Waals surface area contributed by atoms with Gasteiger partial charge in [-0.1, -0.05) is 19.3 Å². The van der Waals surface area contributed by atoms with Crippen molar-refractivity contribution in [2.75, 3.05) is 6.61 Å². The van der Waals surface area contributed by atoms with Crippen LogP contribution < -0.4 is 4.74 Å². The van der Waals surface area contributed by atoms with Crippen molar-refractivity contribution in [2.45, 2.75) is 38.5 Å². The fraction of sp³-hybridized carbons (Fsp3) is 0.667. The third-order valence-electron chi connectivity index (χ3n) is 3.18. The van der Waals surface area contributed by atoms with Crippen LogP contribution in [-0.4, -0.2) is 16.6 Å². The van der Waals surface area contributed by atoms with Crippen LogP contribution in [0.25, 0.3) is 0 Å². The van der Waals surface area contributed by atoms with E-state index < -0.39 is 0 Å². The van der Waals surface area contributed by atoms with Crippen molar-refractivity contribution in [2.24, 2.45) is 5.92 Å². The number of hydrogen-bond donors (Lipinski definition) is 0. The smallest absolute Gasteiger partial charge is 0.316 e. The topological polar surface area (TPSA) is 35.0 Å². The van der Waals surface area contributed by atoms with Gasteiger partial charge >= 0.3 is 6.01 Å². The minimum atomic E-state index is 0.453. The highest BCUT2D eigenvalue weighted by atomic mass is 35.5. The zero-order valence-electron chi connectivity index (χ0n) is 9.58. The van der Waals surface area contributed by atoms with Crippen LogP contribution in [0.4, 0.5) is 0 Å². The Labute approximate surface area is 101 Å². The van der Waals surface area contributed by atoms with Crippen molar-refractivity contribution >= 4 is 11.6 Å². The molecule has 0 N–H and O–H groups in total. The maximum absolute atomic E-state index is 5.74. The third kappa shape index (κ3) is 2.85. The van der Waals surface area contributed by atoms with E-state index >= 15 is 0 Å². The van der Waals surface area contributed by atoms with E-state index in [1.54, 1.807) is 6.20 Å². The molecule has 1 aromatic heterocycles. The summed E-state index contributed by atoms with van der Waals surface area (Å²) in [4.78, 5) is 8.40. The molecule has 1 fully saturated rings. The van der Waals surface area contributed by atoms with Crippen LogP contribution in [0.3, 0.4) is 0 Å². The average Bonchev–Trinajstić information content (AvgIpc) is 2.22. The summed E-state index contributed by atoms with van der Waals surface area (Å²) >= 11 is 5.74. The van der Waals surface area contributed by atoms with Gasteiger partial charge in [0.1, 0.15) is 0 Å². The Morgan fingerprint density at radius 2 is 2.31 bits per heavy atom. The highest BCUT2D eigenvalue weighted by Gasteiger charge is 2.17. The third-order valence-corrected chi connectivity index (χ3v) is 3.47. The normalized spacial score (nSPS) is 15.9. The Morgan fingerprint density at radius 1 is 1.50 bits per heavy atom. The average molecular weight is 241 g/mol. The summed E-state index contributed by atoms with van der Waals surface area (Å²) in [6, 6.07) is 0.477. The maximum atomic E-state index is 5.74. The molecule has 0 aliphatic heterocycles. The van der Waals surface area contributed by atoms with Crippen molar-refractivity contribution in [1.82, 2.24) is 9.97 Å². The lowest BCUT2D eigenvalue weighted by molar-refractivity contribution is 0.211. The summed E-state index contributed by atoms with van der Waals surface area (Å²) in [6.07, 6.45) is 6.96. The first kappa shape index (κ1) is 11.6. The van der Waals surface area contributed by atoms with E-state index in [9.17, 15) is 0 Å². The van der Waals surface area contributed by atoms with Crippen molar-refractivity contribution in [3.63, 3.8) is 0 Å². The predicted octanol–water partition coefficient (Wildman–Crippen LogP) is 3.09. The SMILES string of the molecule is Cc1nc(OCCC2CCC2)ncc1CCl. The van der Waals surface area contributed by atoms with Gasteiger partial charge in [-0.15, -0.1) is 11.6 Å². The van der Waals surface area contributed by atoms with Crippen LogP contribution in [-0.2, 0) is 5.88 Å². The standard InChI is InChI=1S/C12H17ClN2O/c1-9-11(7-13)8-14-12(15-9)16-6-5-10-3-2-4-10/h8,10H,2-7H2,1H3. The summed E-state index contributed by atoms with van der Waals surface area (Å²) in [5.41, 5.74) is 1.87. The number of nitrogens with zero attached hydrogens (tertiary/aromatic N) is 2. The molecule has 0 unspecified atom stereocenters. The fourth-order valence-electron chi connectivity index (χ4n) is 1.77. The van der Waals surface area contributed by atoms with E-state index in [-0.39, 0.29) is 0 Å². The molecule has 1 aliphatic rings. The summed E-state index contributed by atoms with van der Waals surface area (Å²) in [5, 5.41) is 0. The van der Waals surface area contributed by atoms with E-state index in [2.05, 4.69) is 9.97 Å². The Bertz CT molecular complexity index is 353. The van der Waals surface area contributed by atoms with Gasteiger partial charge in [0.25, 0.3) is 0 Å². The molecule has 0 saturated heterocycles. The number of ether oxygens (including phenoxy) is 1. The van der Waals surface area contributed by atoms with E-state index in [0.717, 1.165) is 30.2 Å². The number of halogens is 1. The van der Waals surface area contributed by atoms with E-state index in [0.29, 0.717) is 11.9 Å². The maximum Gasteiger partial charge on any atom is 0.316 e. The second-order valence-corrected chi connectivity index (χ2v) is 4.60. The first-order chi connectivity index (χ1) is 7.79. The van der Waals surface area contributed by atoms with Crippen molar-refractivity contribution in [1.29, 1.82) is 0 Å². The Hall–Kier alpha value is -0.830. The van der Waals surface area contributed by atoms with Crippen LogP contribution in [0, 0.1) is 12.8 Å². The summed E-state index contributed by atoms with van der Waals surface area (Å²) in [5.74, 6) is 1.32. The molecule has 0 radical (unpaired) electrons. The van der Waals surface area contributed by atoms with Crippen molar-refractivity contribution in [3.8, 4) is 6.01 Å². The molecule has 0 bridgehead atoms. The monoisotopic (exact) mass is 240 g/mol. The van der Waals surface area contributed by atoms with Crippen molar-refractivity contribution < 1.29 is 4.74 Å². The van der Waals surface area contributed by atoms with E-state index in [4.69, 9.17) is 16.3 Å². The lowest BCUT2D eigenvalue weighted by Gasteiger charge is -2.24. The van der Waals surface area contributed by atoms with Gasteiger partial charge in [0, 0.05) is 17.5 Å². The van der Waals surface area contributed by atoms with Gasteiger partial charge < -0.3 is 4.74 Å². The van der Waals surface area contributed by atoms with Gasteiger partial charge in [-0.05, 0) is 19.3 Å². The van der Waals surface area contributed by atoms with Crippen LogP contribution in [0.15, 0.2) is 6.20 Å². The summed E-state index contributed by atoms with van der Waals surface area (Å²) < 4.78 is 5.53. The molecule has 16 heavy (non-hydrogen) atoms. The molecule has 0 aromatic carbocycles. The molecule has 0 amide bonds. The zero-order chi connectivity index (χ0) is 11.4. The van der Waals surface area contributed by atoms with Gasteiger partial charge in [-0.3, -0.25) is 0 Å². The zero-order valence-corrected chi connectivity index (χ0v) is 10.3. The Kier molecular flexibility index (Phi) is 3.99. The first-order valence-electron chi connectivity index (χ1n) is 5.81. The van der Waals surface area contributed by atoms with Gasteiger partial charge in [0.2, 0.25) is 0 Å². The van der Waals surface area contributed by atoms with Gasteiger partial charge in [0.15, 0.2) is 0 Å². The van der Waals surface area contributed by atoms with Crippen LogP contribution >= 0.6 is 11.6 Å². The minimum Gasteiger partial charge on any atom is -0.463 e. The molecule has 4 heteroatoms. The first-order valence-corrected chi connectivity index (χ1v) is 6.34. The van der Waals surface area contributed by atoms with Crippen LogP contribution in [0.1, 0.15) is 36.9 Å². The molecule has 1 aliphatic carbocycles. The molecule has 2 rings (SSSR count). The predicted molar refractivity (Wildman–Crippen MR) is 63.8 cm³/mol. The van der Waals surface area contributed by atoms with Crippen LogP contribution in [0.5, 0.6) is 6.01 Å². The minimum absolute atomic E-state index is 0.453. The largest absolute Gasteiger partial charge is 0.463 e. The van der Waals surface area contributed by atoms with Gasteiger partial charge in [-0.25, -0.2) is 9.97 Å².